The molecule has 0 atom stereocenters. The standard InChI is InChI=1S/C25H24ClF3N2O3S/c1-16-12-17(2)24(18(3)13-16)35(33,34)31(14-19-8-10-20(26)11-9-19)15-23(32)30-22-7-5-4-6-21(22)25(27,28)29/h4-13H,14-15H2,1-3H3,(H,30,32). The lowest BCUT2D eigenvalue weighted by Gasteiger charge is -2.24. The van der Waals surface area contributed by atoms with Gasteiger partial charge in [-0.05, 0) is 61.7 Å². The van der Waals surface area contributed by atoms with Crippen LogP contribution in [-0.2, 0) is 27.5 Å². The minimum atomic E-state index is -4.69. The number of nitrogens with one attached hydrogen (secondary N) is 1. The van der Waals surface area contributed by atoms with Crippen LogP contribution in [0.1, 0.15) is 27.8 Å². The van der Waals surface area contributed by atoms with Crippen LogP contribution >= 0.6 is 11.6 Å². The summed E-state index contributed by atoms with van der Waals surface area (Å²) in [5, 5.41) is 2.67. The van der Waals surface area contributed by atoms with Gasteiger partial charge in [0.15, 0.2) is 0 Å². The summed E-state index contributed by atoms with van der Waals surface area (Å²) in [7, 11) is -4.20. The molecule has 3 rings (SSSR count). The number of alkyl halides is 3. The van der Waals surface area contributed by atoms with Crippen molar-refractivity contribution in [1.29, 1.82) is 0 Å². The Kier molecular flexibility index (Phi) is 7.93. The van der Waals surface area contributed by atoms with Crippen LogP contribution < -0.4 is 5.32 Å². The van der Waals surface area contributed by atoms with Gasteiger partial charge in [-0.15, -0.1) is 0 Å². The Morgan fingerprint density at radius 1 is 0.971 bits per heavy atom. The average Bonchev–Trinajstić information content (AvgIpc) is 2.73. The lowest BCUT2D eigenvalue weighted by Crippen LogP contribution is -2.38. The van der Waals surface area contributed by atoms with E-state index in [4.69, 9.17) is 11.6 Å². The molecule has 0 aliphatic carbocycles. The van der Waals surface area contributed by atoms with Crippen molar-refractivity contribution in [3.63, 3.8) is 0 Å². The smallest absolute Gasteiger partial charge is 0.324 e. The zero-order valence-corrected chi connectivity index (χ0v) is 20.9. The first-order valence-electron chi connectivity index (χ1n) is 10.6. The molecule has 186 valence electrons. The van der Waals surface area contributed by atoms with E-state index in [1.54, 1.807) is 50.2 Å². The highest BCUT2D eigenvalue weighted by Gasteiger charge is 2.34. The summed E-state index contributed by atoms with van der Waals surface area (Å²) in [4.78, 5) is 12.9. The molecule has 35 heavy (non-hydrogen) atoms. The highest BCUT2D eigenvalue weighted by Crippen LogP contribution is 2.34. The number of sulfonamides is 1. The van der Waals surface area contributed by atoms with E-state index in [0.717, 1.165) is 22.0 Å². The number of halogens is 4. The molecule has 10 heteroatoms. The summed E-state index contributed by atoms with van der Waals surface area (Å²) in [6, 6.07) is 14.4. The van der Waals surface area contributed by atoms with E-state index >= 15 is 0 Å². The quantitative estimate of drug-likeness (QED) is 0.405. The van der Waals surface area contributed by atoms with E-state index in [2.05, 4.69) is 5.32 Å². The van der Waals surface area contributed by atoms with Gasteiger partial charge in [0.1, 0.15) is 0 Å². The molecule has 1 N–H and O–H groups in total. The molecule has 0 saturated heterocycles. The van der Waals surface area contributed by atoms with Crippen molar-refractivity contribution in [2.75, 3.05) is 11.9 Å². The van der Waals surface area contributed by atoms with Crippen molar-refractivity contribution in [3.05, 3.63) is 93.5 Å². The fourth-order valence-electron chi connectivity index (χ4n) is 3.91. The Bertz CT molecular complexity index is 1320. The van der Waals surface area contributed by atoms with Gasteiger partial charge in [-0.3, -0.25) is 4.79 Å². The second-order valence-corrected chi connectivity index (χ2v) is 10.5. The summed E-state index contributed by atoms with van der Waals surface area (Å²) in [6.07, 6.45) is -4.69. The number of hydrogen-bond donors (Lipinski definition) is 1. The lowest BCUT2D eigenvalue weighted by atomic mass is 10.1. The van der Waals surface area contributed by atoms with Gasteiger partial charge in [-0.25, -0.2) is 8.42 Å². The molecule has 1 amide bonds. The molecule has 0 aliphatic heterocycles. The molecule has 0 spiro atoms. The van der Waals surface area contributed by atoms with Crippen LogP contribution in [0.15, 0.2) is 65.6 Å². The van der Waals surface area contributed by atoms with Crippen LogP contribution in [0.25, 0.3) is 0 Å². The van der Waals surface area contributed by atoms with Gasteiger partial charge in [0.2, 0.25) is 15.9 Å². The third kappa shape index (κ3) is 6.42. The number of hydrogen-bond acceptors (Lipinski definition) is 3. The first kappa shape index (κ1) is 26.7. The fourth-order valence-corrected chi connectivity index (χ4v) is 5.83. The largest absolute Gasteiger partial charge is 0.418 e. The van der Waals surface area contributed by atoms with E-state index in [1.165, 1.54) is 12.1 Å². The van der Waals surface area contributed by atoms with Gasteiger partial charge >= 0.3 is 6.18 Å². The third-order valence-corrected chi connectivity index (χ3v) is 7.65. The highest BCUT2D eigenvalue weighted by molar-refractivity contribution is 7.89. The molecule has 3 aromatic carbocycles. The van der Waals surface area contributed by atoms with Crippen LogP contribution in [-0.4, -0.2) is 25.2 Å². The normalized spacial score (nSPS) is 12.1. The summed E-state index contributed by atoms with van der Waals surface area (Å²) >= 11 is 5.93. The zero-order valence-electron chi connectivity index (χ0n) is 19.3. The molecule has 5 nitrogen and oxygen atoms in total. The van der Waals surface area contributed by atoms with Gasteiger partial charge < -0.3 is 5.32 Å². The predicted molar refractivity (Wildman–Crippen MR) is 130 cm³/mol. The van der Waals surface area contributed by atoms with E-state index in [1.807, 2.05) is 6.92 Å². The maximum absolute atomic E-state index is 13.7. The number of anilines is 1. The highest BCUT2D eigenvalue weighted by atomic mass is 35.5. The molecule has 0 saturated carbocycles. The van der Waals surface area contributed by atoms with E-state index in [0.29, 0.717) is 21.7 Å². The fraction of sp³-hybridized carbons (Fsp3) is 0.240. The van der Waals surface area contributed by atoms with Crippen LogP contribution in [0, 0.1) is 20.8 Å². The van der Waals surface area contributed by atoms with Gasteiger partial charge in [0, 0.05) is 11.6 Å². The number of nitrogens with zero attached hydrogens (tertiary/aromatic N) is 1. The predicted octanol–water partition coefficient (Wildman–Crippen LogP) is 6.11. The van der Waals surface area contributed by atoms with E-state index < -0.39 is 39.9 Å². The lowest BCUT2D eigenvalue weighted by molar-refractivity contribution is -0.137. The maximum Gasteiger partial charge on any atom is 0.418 e. The van der Waals surface area contributed by atoms with Crippen LogP contribution in [0.5, 0.6) is 0 Å². The molecule has 0 aromatic heterocycles. The van der Waals surface area contributed by atoms with Gasteiger partial charge in [-0.1, -0.05) is 53.6 Å². The summed E-state index contributed by atoms with van der Waals surface area (Å²) in [6.45, 7) is 4.29. The van der Waals surface area contributed by atoms with Crippen LogP contribution in [0.4, 0.5) is 18.9 Å². The molecular formula is C25H24ClF3N2O3S. The minimum absolute atomic E-state index is 0.0561. The summed E-state index contributed by atoms with van der Waals surface area (Å²) in [5.74, 6) is -0.901. The Balaban J connectivity index is 1.99. The Morgan fingerprint density at radius 3 is 2.11 bits per heavy atom. The van der Waals surface area contributed by atoms with Crippen molar-refractivity contribution in [2.24, 2.45) is 0 Å². The van der Waals surface area contributed by atoms with Gasteiger partial charge in [-0.2, -0.15) is 17.5 Å². The number of benzene rings is 3. The summed E-state index contributed by atoms with van der Waals surface area (Å²) < 4.78 is 68.4. The van der Waals surface area contributed by atoms with Crippen molar-refractivity contribution in [3.8, 4) is 0 Å². The average molecular weight is 525 g/mol. The van der Waals surface area contributed by atoms with Crippen LogP contribution in [0.3, 0.4) is 0 Å². The van der Waals surface area contributed by atoms with Gasteiger partial charge in [0.05, 0.1) is 22.7 Å². The molecule has 0 heterocycles. The van der Waals surface area contributed by atoms with Crippen molar-refractivity contribution < 1.29 is 26.4 Å². The van der Waals surface area contributed by atoms with Crippen molar-refractivity contribution in [2.45, 2.75) is 38.4 Å². The SMILES string of the molecule is Cc1cc(C)c(S(=O)(=O)N(CC(=O)Nc2ccccc2C(F)(F)F)Cc2ccc(Cl)cc2)c(C)c1. The van der Waals surface area contributed by atoms with Crippen LogP contribution in [0.2, 0.25) is 5.02 Å². The third-order valence-electron chi connectivity index (χ3n) is 5.30. The number of carbonyl (C=O) groups is 1. The molecule has 0 bridgehead atoms. The Labute approximate surface area is 207 Å². The van der Waals surface area contributed by atoms with E-state index in [9.17, 15) is 26.4 Å². The second-order valence-electron chi connectivity index (χ2n) is 8.22. The molecule has 0 aliphatic rings. The second kappa shape index (κ2) is 10.4. The van der Waals surface area contributed by atoms with Gasteiger partial charge in [0.25, 0.3) is 0 Å². The molecule has 3 aromatic rings. The Hall–Kier alpha value is -2.88. The number of carbonyl (C=O) groups excluding carboxylic acids is 1. The van der Waals surface area contributed by atoms with Crippen molar-refractivity contribution >= 4 is 33.2 Å². The monoisotopic (exact) mass is 524 g/mol. The first-order chi connectivity index (χ1) is 16.3. The number of amides is 1. The first-order valence-corrected chi connectivity index (χ1v) is 12.4. The number of para-hydroxylation sites is 1. The molecule has 0 unspecified atom stereocenters. The molecule has 0 radical (unpaired) electrons. The van der Waals surface area contributed by atoms with E-state index in [-0.39, 0.29) is 11.4 Å². The molecule has 0 fully saturated rings. The zero-order chi connectivity index (χ0) is 26.0. The molecular weight excluding hydrogens is 501 g/mol. The number of aryl methyl sites for hydroxylation is 3. The minimum Gasteiger partial charge on any atom is -0.324 e. The Morgan fingerprint density at radius 2 is 1.54 bits per heavy atom. The maximum atomic E-state index is 13.7. The topological polar surface area (TPSA) is 66.5 Å². The summed E-state index contributed by atoms with van der Waals surface area (Å²) in [5.41, 5.74) is 0.980. The number of rotatable bonds is 7. The van der Waals surface area contributed by atoms with Crippen molar-refractivity contribution in [1.82, 2.24) is 4.31 Å².